The summed E-state index contributed by atoms with van der Waals surface area (Å²) in [5.41, 5.74) is 3.06. The number of methoxy groups -OCH3 is 1. The van der Waals surface area contributed by atoms with E-state index in [0.29, 0.717) is 23.6 Å². The second-order valence-corrected chi connectivity index (χ2v) is 2.75. The minimum absolute atomic E-state index is 0.0191. The molecule has 0 bridgehead atoms. The standard InChI is InChI=1S/C10H13NO4/c1-14-10-6-8(7-13)2-3-9(10)15-11-4-5-12/h2-3,6-7,11-12H,4-5H2,1H3. The van der Waals surface area contributed by atoms with Crippen molar-refractivity contribution in [3.8, 4) is 11.5 Å². The minimum atomic E-state index is -0.0191. The van der Waals surface area contributed by atoms with Gasteiger partial charge in [-0.05, 0) is 18.2 Å². The fraction of sp³-hybridized carbons (Fsp3) is 0.300. The van der Waals surface area contributed by atoms with Crippen LogP contribution in [-0.2, 0) is 0 Å². The zero-order valence-electron chi connectivity index (χ0n) is 8.40. The van der Waals surface area contributed by atoms with Gasteiger partial charge in [0, 0.05) is 5.56 Å². The molecule has 0 aliphatic rings. The monoisotopic (exact) mass is 211 g/mol. The van der Waals surface area contributed by atoms with E-state index in [9.17, 15) is 4.79 Å². The first-order chi connectivity index (χ1) is 7.31. The highest BCUT2D eigenvalue weighted by molar-refractivity contribution is 5.76. The van der Waals surface area contributed by atoms with Crippen molar-refractivity contribution in [2.45, 2.75) is 0 Å². The quantitative estimate of drug-likeness (QED) is 0.404. The highest BCUT2D eigenvalue weighted by atomic mass is 16.7. The number of aliphatic hydroxyl groups is 1. The molecule has 2 N–H and O–H groups in total. The van der Waals surface area contributed by atoms with E-state index in [-0.39, 0.29) is 6.61 Å². The lowest BCUT2D eigenvalue weighted by atomic mass is 10.2. The van der Waals surface area contributed by atoms with Gasteiger partial charge in [-0.15, -0.1) is 0 Å². The molecule has 0 aliphatic carbocycles. The van der Waals surface area contributed by atoms with E-state index in [1.54, 1.807) is 18.2 Å². The highest BCUT2D eigenvalue weighted by Crippen LogP contribution is 2.26. The van der Waals surface area contributed by atoms with Crippen LogP contribution in [0, 0.1) is 0 Å². The summed E-state index contributed by atoms with van der Waals surface area (Å²) in [6.07, 6.45) is 0.730. The number of nitrogens with one attached hydrogen (secondary N) is 1. The van der Waals surface area contributed by atoms with E-state index in [1.807, 2.05) is 0 Å². The SMILES string of the molecule is COc1cc(C=O)ccc1ONCCO. The summed E-state index contributed by atoms with van der Waals surface area (Å²) >= 11 is 0. The van der Waals surface area contributed by atoms with E-state index < -0.39 is 0 Å². The van der Waals surface area contributed by atoms with Crippen LogP contribution in [0.5, 0.6) is 11.5 Å². The van der Waals surface area contributed by atoms with E-state index in [0.717, 1.165) is 6.29 Å². The average Bonchev–Trinajstić information content (AvgIpc) is 2.29. The Bertz CT molecular complexity index is 327. The average molecular weight is 211 g/mol. The van der Waals surface area contributed by atoms with Crippen molar-refractivity contribution >= 4 is 6.29 Å². The zero-order chi connectivity index (χ0) is 11.1. The Morgan fingerprint density at radius 3 is 2.87 bits per heavy atom. The number of aliphatic hydroxyl groups excluding tert-OH is 1. The molecule has 0 aromatic heterocycles. The molecular formula is C10H13NO4. The van der Waals surface area contributed by atoms with Crippen LogP contribution >= 0.6 is 0 Å². The molecule has 0 saturated carbocycles. The summed E-state index contributed by atoms with van der Waals surface area (Å²) in [4.78, 5) is 15.6. The summed E-state index contributed by atoms with van der Waals surface area (Å²) in [7, 11) is 1.49. The van der Waals surface area contributed by atoms with Crippen molar-refractivity contribution in [3.05, 3.63) is 23.8 Å². The number of hydrogen-bond acceptors (Lipinski definition) is 5. The molecule has 82 valence electrons. The Hall–Kier alpha value is -1.59. The van der Waals surface area contributed by atoms with E-state index in [4.69, 9.17) is 14.7 Å². The lowest BCUT2D eigenvalue weighted by Crippen LogP contribution is -2.22. The number of carbonyl (C=O) groups excluding carboxylic acids is 1. The van der Waals surface area contributed by atoms with Crippen LogP contribution in [0.3, 0.4) is 0 Å². The molecule has 0 amide bonds. The van der Waals surface area contributed by atoms with Gasteiger partial charge < -0.3 is 14.7 Å². The third kappa shape index (κ3) is 3.23. The molecule has 1 aromatic rings. The van der Waals surface area contributed by atoms with Crippen molar-refractivity contribution in [2.24, 2.45) is 0 Å². The minimum Gasteiger partial charge on any atom is -0.493 e. The van der Waals surface area contributed by atoms with E-state index >= 15 is 0 Å². The lowest BCUT2D eigenvalue weighted by Gasteiger charge is -2.10. The molecule has 15 heavy (non-hydrogen) atoms. The molecule has 5 heteroatoms. The Morgan fingerprint density at radius 2 is 2.27 bits per heavy atom. The second-order valence-electron chi connectivity index (χ2n) is 2.75. The van der Waals surface area contributed by atoms with Crippen LogP contribution in [0.4, 0.5) is 0 Å². The van der Waals surface area contributed by atoms with Gasteiger partial charge in [0.05, 0.1) is 20.3 Å². The summed E-state index contributed by atoms with van der Waals surface area (Å²) in [6.45, 7) is 0.299. The Labute approximate surface area is 87.6 Å². The maximum atomic E-state index is 10.5. The molecule has 0 radical (unpaired) electrons. The Balaban J connectivity index is 2.73. The van der Waals surface area contributed by atoms with Crippen molar-refractivity contribution in [1.82, 2.24) is 5.48 Å². The largest absolute Gasteiger partial charge is 0.493 e. The first kappa shape index (κ1) is 11.5. The first-order valence-electron chi connectivity index (χ1n) is 4.45. The second kappa shape index (κ2) is 6.00. The molecule has 0 saturated heterocycles. The van der Waals surface area contributed by atoms with Crippen molar-refractivity contribution < 1.29 is 19.5 Å². The van der Waals surface area contributed by atoms with Crippen molar-refractivity contribution in [1.29, 1.82) is 0 Å². The molecule has 0 atom stereocenters. The zero-order valence-corrected chi connectivity index (χ0v) is 8.40. The molecule has 5 nitrogen and oxygen atoms in total. The van der Waals surface area contributed by atoms with Crippen LogP contribution in [0.2, 0.25) is 0 Å². The molecule has 1 rings (SSSR count). The van der Waals surface area contributed by atoms with Gasteiger partial charge in [0.25, 0.3) is 0 Å². The van der Waals surface area contributed by atoms with Crippen LogP contribution in [-0.4, -0.2) is 31.7 Å². The van der Waals surface area contributed by atoms with Gasteiger partial charge in [-0.1, -0.05) is 0 Å². The van der Waals surface area contributed by atoms with Crippen LogP contribution in [0.1, 0.15) is 10.4 Å². The van der Waals surface area contributed by atoms with E-state index in [2.05, 4.69) is 5.48 Å². The summed E-state index contributed by atoms with van der Waals surface area (Å²) in [5, 5.41) is 8.53. The molecule has 0 spiro atoms. The van der Waals surface area contributed by atoms with Crippen molar-refractivity contribution in [2.75, 3.05) is 20.3 Å². The fourth-order valence-corrected chi connectivity index (χ4v) is 1.02. The number of hydrogen-bond donors (Lipinski definition) is 2. The number of benzene rings is 1. The maximum Gasteiger partial charge on any atom is 0.188 e. The topological polar surface area (TPSA) is 67.8 Å². The maximum absolute atomic E-state index is 10.5. The summed E-state index contributed by atoms with van der Waals surface area (Å²) in [6, 6.07) is 4.81. The van der Waals surface area contributed by atoms with Gasteiger partial charge in [0.2, 0.25) is 0 Å². The Kier molecular flexibility index (Phi) is 4.59. The predicted octanol–water partition coefficient (Wildman–Crippen LogP) is 0.383. The van der Waals surface area contributed by atoms with Gasteiger partial charge in [-0.2, -0.15) is 5.48 Å². The van der Waals surface area contributed by atoms with Crippen LogP contribution in [0.25, 0.3) is 0 Å². The van der Waals surface area contributed by atoms with Crippen molar-refractivity contribution in [3.63, 3.8) is 0 Å². The number of rotatable bonds is 6. The van der Waals surface area contributed by atoms with Crippen LogP contribution in [0.15, 0.2) is 18.2 Å². The van der Waals surface area contributed by atoms with Gasteiger partial charge >= 0.3 is 0 Å². The molecule has 0 heterocycles. The number of hydroxylamine groups is 1. The smallest absolute Gasteiger partial charge is 0.188 e. The normalized spacial score (nSPS) is 9.73. The number of aldehydes is 1. The third-order valence-corrected chi connectivity index (χ3v) is 1.72. The van der Waals surface area contributed by atoms with Gasteiger partial charge in [-0.3, -0.25) is 4.79 Å². The molecule has 0 aliphatic heterocycles. The number of ether oxygens (including phenoxy) is 1. The van der Waals surface area contributed by atoms with Gasteiger partial charge in [-0.25, -0.2) is 0 Å². The van der Waals surface area contributed by atoms with E-state index in [1.165, 1.54) is 7.11 Å². The van der Waals surface area contributed by atoms with Crippen LogP contribution < -0.4 is 15.1 Å². The molecule has 0 fully saturated rings. The molecule has 1 aromatic carbocycles. The van der Waals surface area contributed by atoms with Gasteiger partial charge in [0.15, 0.2) is 11.5 Å². The summed E-state index contributed by atoms with van der Waals surface area (Å²) < 4.78 is 5.03. The third-order valence-electron chi connectivity index (χ3n) is 1.72. The van der Waals surface area contributed by atoms with Gasteiger partial charge in [0.1, 0.15) is 6.29 Å². The molecular weight excluding hydrogens is 198 g/mol. The summed E-state index contributed by atoms with van der Waals surface area (Å²) in [5.74, 6) is 0.932. The number of carbonyl (C=O) groups is 1. The fourth-order valence-electron chi connectivity index (χ4n) is 1.02. The Morgan fingerprint density at radius 1 is 1.47 bits per heavy atom. The highest BCUT2D eigenvalue weighted by Gasteiger charge is 2.05. The molecule has 0 unspecified atom stereocenters. The lowest BCUT2D eigenvalue weighted by molar-refractivity contribution is 0.112. The first-order valence-corrected chi connectivity index (χ1v) is 4.45. The predicted molar refractivity (Wildman–Crippen MR) is 54.1 cm³/mol.